The van der Waals surface area contributed by atoms with Gasteiger partial charge < -0.3 is 0 Å². The van der Waals surface area contributed by atoms with Crippen LogP contribution in [0.15, 0.2) is 58.5 Å². The molecule has 0 saturated heterocycles. The Labute approximate surface area is 188 Å². The molecule has 0 atom stereocenters. The number of halogens is 2. The van der Waals surface area contributed by atoms with Crippen LogP contribution in [0.4, 0.5) is 0 Å². The Bertz CT molecular complexity index is 1280. The number of hydrogen-bond donors (Lipinski definition) is 0. The summed E-state index contributed by atoms with van der Waals surface area (Å²) >= 11 is 14.2. The molecule has 2 aromatic carbocycles. The molecule has 5 nitrogen and oxygen atoms in total. The van der Waals surface area contributed by atoms with Crippen LogP contribution in [-0.4, -0.2) is 19.3 Å². The van der Waals surface area contributed by atoms with Crippen molar-refractivity contribution in [2.45, 2.75) is 37.8 Å². The van der Waals surface area contributed by atoms with E-state index in [1.54, 1.807) is 9.25 Å². The summed E-state index contributed by atoms with van der Waals surface area (Å²) in [6.07, 6.45) is 0. The third-order valence-electron chi connectivity index (χ3n) is 4.88. The van der Waals surface area contributed by atoms with E-state index < -0.39 is 0 Å². The summed E-state index contributed by atoms with van der Waals surface area (Å²) in [5, 5.41) is 6.42. The first-order chi connectivity index (χ1) is 14.5. The van der Waals surface area contributed by atoms with Crippen molar-refractivity contribution in [3.05, 3.63) is 85.8 Å². The monoisotopic (exact) mass is 458 g/mol. The van der Waals surface area contributed by atoms with Crippen LogP contribution in [-0.2, 0) is 18.8 Å². The van der Waals surface area contributed by atoms with Gasteiger partial charge in [-0.25, -0.2) is 4.98 Å². The van der Waals surface area contributed by atoms with E-state index in [1.165, 1.54) is 11.8 Å². The van der Waals surface area contributed by atoms with Crippen molar-refractivity contribution >= 4 is 46.0 Å². The van der Waals surface area contributed by atoms with Crippen molar-refractivity contribution in [1.82, 2.24) is 19.3 Å². The molecule has 4 aromatic rings. The van der Waals surface area contributed by atoms with Crippen LogP contribution >= 0.6 is 35.0 Å². The smallest absolute Gasteiger partial charge is 0.280 e. The molecule has 0 aliphatic rings. The predicted molar refractivity (Wildman–Crippen MR) is 124 cm³/mol. The van der Waals surface area contributed by atoms with Crippen molar-refractivity contribution in [3.8, 4) is 0 Å². The van der Waals surface area contributed by atoms with E-state index in [0.29, 0.717) is 45.1 Å². The van der Waals surface area contributed by atoms with Gasteiger partial charge in [0.2, 0.25) is 0 Å². The summed E-state index contributed by atoms with van der Waals surface area (Å²) in [5.41, 5.74) is 3.63. The molecule has 0 fully saturated rings. The quantitative estimate of drug-likeness (QED) is 0.280. The van der Waals surface area contributed by atoms with Crippen LogP contribution in [0.1, 0.15) is 23.7 Å². The van der Waals surface area contributed by atoms with Gasteiger partial charge >= 0.3 is 0 Å². The fraction of sp³-hybridized carbons (Fsp3) is 0.227. The van der Waals surface area contributed by atoms with Gasteiger partial charge in [0.25, 0.3) is 5.56 Å². The van der Waals surface area contributed by atoms with Gasteiger partial charge in [0.15, 0.2) is 10.7 Å². The predicted octanol–water partition coefficient (Wildman–Crippen LogP) is 5.57. The Hall–Kier alpha value is -2.28. The number of aromatic nitrogens is 4. The van der Waals surface area contributed by atoms with Gasteiger partial charge in [0.05, 0.1) is 12.2 Å². The molecule has 0 radical (unpaired) electrons. The highest BCUT2D eigenvalue weighted by Crippen LogP contribution is 2.27. The van der Waals surface area contributed by atoms with Crippen molar-refractivity contribution in [2.75, 3.05) is 0 Å². The van der Waals surface area contributed by atoms with Crippen LogP contribution in [0.25, 0.3) is 11.0 Å². The highest BCUT2D eigenvalue weighted by molar-refractivity contribution is 7.98. The first-order valence-electron chi connectivity index (χ1n) is 9.57. The largest absolute Gasteiger partial charge is 0.281 e. The van der Waals surface area contributed by atoms with E-state index in [-0.39, 0.29) is 5.56 Å². The summed E-state index contributed by atoms with van der Waals surface area (Å²) in [7, 11) is 0. The summed E-state index contributed by atoms with van der Waals surface area (Å²) in [4.78, 5) is 18.3. The molecule has 0 unspecified atom stereocenters. The first-order valence-corrected chi connectivity index (χ1v) is 11.3. The van der Waals surface area contributed by atoms with Gasteiger partial charge in [-0.2, -0.15) is 5.10 Å². The molecule has 30 heavy (non-hydrogen) atoms. The number of fused-ring (bicyclic) bond motifs is 1. The molecule has 0 amide bonds. The molecule has 2 aromatic heterocycles. The van der Waals surface area contributed by atoms with Crippen LogP contribution in [0.5, 0.6) is 0 Å². The molecule has 0 aliphatic carbocycles. The molecule has 0 aliphatic heterocycles. The number of nitrogens with zero attached hydrogens (tertiary/aromatic N) is 4. The number of aryl methyl sites for hydroxylation is 2. The zero-order valence-electron chi connectivity index (χ0n) is 16.6. The second-order valence-electron chi connectivity index (χ2n) is 6.86. The van der Waals surface area contributed by atoms with Gasteiger partial charge in [-0.3, -0.25) is 14.0 Å². The Morgan fingerprint density at radius 3 is 2.27 bits per heavy atom. The van der Waals surface area contributed by atoms with E-state index in [2.05, 4.69) is 5.10 Å². The maximum Gasteiger partial charge on any atom is 0.280 e. The minimum absolute atomic E-state index is 0.121. The highest BCUT2D eigenvalue weighted by Gasteiger charge is 2.19. The van der Waals surface area contributed by atoms with Gasteiger partial charge in [-0.15, -0.1) is 0 Å². The summed E-state index contributed by atoms with van der Waals surface area (Å²) < 4.78 is 3.39. The molecule has 0 spiro atoms. The van der Waals surface area contributed by atoms with E-state index in [4.69, 9.17) is 28.2 Å². The van der Waals surface area contributed by atoms with E-state index in [0.717, 1.165) is 16.8 Å². The number of hydrogen-bond acceptors (Lipinski definition) is 4. The molecule has 2 heterocycles. The number of rotatable bonds is 6. The lowest BCUT2D eigenvalue weighted by atomic mass is 10.2. The fourth-order valence-electron chi connectivity index (χ4n) is 3.32. The van der Waals surface area contributed by atoms with E-state index in [1.807, 2.05) is 62.4 Å². The maximum absolute atomic E-state index is 13.5. The van der Waals surface area contributed by atoms with Gasteiger partial charge in [-0.05, 0) is 37.1 Å². The molecule has 0 bridgehead atoms. The minimum Gasteiger partial charge on any atom is -0.281 e. The lowest BCUT2D eigenvalue weighted by Gasteiger charge is -2.14. The Kier molecular flexibility index (Phi) is 6.18. The molecular weight excluding hydrogens is 439 g/mol. The van der Waals surface area contributed by atoms with Crippen LogP contribution in [0.3, 0.4) is 0 Å². The SMILES string of the molecule is CCn1nc(C)c2nc(SCc3ccccc3Cl)n(Cc3ccccc3Cl)c(=O)c21. The minimum atomic E-state index is -0.121. The Morgan fingerprint density at radius 2 is 1.63 bits per heavy atom. The zero-order chi connectivity index (χ0) is 21.3. The van der Waals surface area contributed by atoms with Gasteiger partial charge in [-0.1, -0.05) is 71.4 Å². The van der Waals surface area contributed by atoms with Crippen molar-refractivity contribution in [2.24, 2.45) is 0 Å². The van der Waals surface area contributed by atoms with Crippen LogP contribution in [0, 0.1) is 6.92 Å². The maximum atomic E-state index is 13.5. The number of thioether (sulfide) groups is 1. The zero-order valence-corrected chi connectivity index (χ0v) is 18.9. The van der Waals surface area contributed by atoms with Crippen molar-refractivity contribution in [3.63, 3.8) is 0 Å². The van der Waals surface area contributed by atoms with Crippen LogP contribution in [0.2, 0.25) is 10.0 Å². The second-order valence-corrected chi connectivity index (χ2v) is 8.61. The Morgan fingerprint density at radius 1 is 1.00 bits per heavy atom. The number of benzene rings is 2. The first kappa shape index (κ1) is 21.0. The molecule has 154 valence electrons. The lowest BCUT2D eigenvalue weighted by molar-refractivity contribution is 0.636. The normalized spacial score (nSPS) is 11.3. The summed E-state index contributed by atoms with van der Waals surface area (Å²) in [5.74, 6) is 0.598. The van der Waals surface area contributed by atoms with Crippen molar-refractivity contribution in [1.29, 1.82) is 0 Å². The third kappa shape index (κ3) is 4.00. The second kappa shape index (κ2) is 8.84. The summed E-state index contributed by atoms with van der Waals surface area (Å²) in [6.45, 7) is 4.77. The molecule has 8 heteroatoms. The average molecular weight is 459 g/mol. The highest BCUT2D eigenvalue weighted by atomic mass is 35.5. The molecular formula is C22H20Cl2N4OS. The van der Waals surface area contributed by atoms with Gasteiger partial charge in [0.1, 0.15) is 5.52 Å². The lowest BCUT2D eigenvalue weighted by Crippen LogP contribution is -2.25. The molecule has 0 saturated carbocycles. The third-order valence-corrected chi connectivity index (χ3v) is 6.65. The Balaban J connectivity index is 1.84. The van der Waals surface area contributed by atoms with Gasteiger partial charge in [0, 0.05) is 22.3 Å². The summed E-state index contributed by atoms with van der Waals surface area (Å²) in [6, 6.07) is 15.2. The standard InChI is InChI=1S/C22H20Cl2N4OS/c1-3-28-20-19(14(2)26-28)25-22(30-13-16-9-5-7-11-18(16)24)27(21(20)29)12-15-8-4-6-10-17(15)23/h4-11H,3,12-13H2,1-2H3. The van der Waals surface area contributed by atoms with Crippen LogP contribution < -0.4 is 5.56 Å². The molecule has 0 N–H and O–H groups in total. The fourth-order valence-corrected chi connectivity index (χ4v) is 4.79. The topological polar surface area (TPSA) is 52.7 Å². The van der Waals surface area contributed by atoms with Crippen molar-refractivity contribution < 1.29 is 0 Å². The average Bonchev–Trinajstić information content (AvgIpc) is 3.07. The van der Waals surface area contributed by atoms with E-state index in [9.17, 15) is 4.79 Å². The molecule has 4 rings (SSSR count). The van der Waals surface area contributed by atoms with E-state index >= 15 is 0 Å².